The van der Waals surface area contributed by atoms with Gasteiger partial charge in [-0.2, -0.15) is 0 Å². The molecule has 2 unspecified atom stereocenters. The van der Waals surface area contributed by atoms with Crippen molar-refractivity contribution in [2.45, 2.75) is 25.5 Å². The van der Waals surface area contributed by atoms with Crippen molar-refractivity contribution < 1.29 is 4.74 Å². The highest BCUT2D eigenvalue weighted by atomic mass is 79.9. The first-order valence-corrected chi connectivity index (χ1v) is 7.44. The summed E-state index contributed by atoms with van der Waals surface area (Å²) in [6.45, 7) is 1.99. The third kappa shape index (κ3) is 2.18. The number of rotatable bonds is 1. The molecule has 3 rings (SSSR count). The van der Waals surface area contributed by atoms with Crippen LogP contribution in [-0.4, -0.2) is 4.98 Å². The first kappa shape index (κ1) is 12.1. The first-order chi connectivity index (χ1) is 8.63. The van der Waals surface area contributed by atoms with Crippen molar-refractivity contribution in [3.63, 3.8) is 0 Å². The Balaban J connectivity index is 1.94. The van der Waals surface area contributed by atoms with Crippen molar-refractivity contribution in [3.8, 4) is 5.75 Å². The van der Waals surface area contributed by atoms with Gasteiger partial charge in [0, 0.05) is 33.6 Å². The van der Waals surface area contributed by atoms with Crippen molar-refractivity contribution in [3.05, 3.63) is 44.3 Å². The normalized spacial score (nSPS) is 22.4. The van der Waals surface area contributed by atoms with Crippen molar-refractivity contribution in [2.24, 2.45) is 5.73 Å². The second-order valence-electron chi connectivity index (χ2n) is 4.46. The average Bonchev–Trinajstić information content (AvgIpc) is 2.77. The van der Waals surface area contributed by atoms with Crippen LogP contribution in [0.2, 0.25) is 0 Å². The van der Waals surface area contributed by atoms with Crippen LogP contribution < -0.4 is 10.5 Å². The summed E-state index contributed by atoms with van der Waals surface area (Å²) in [7, 11) is 0. The molecule has 0 bridgehead atoms. The van der Waals surface area contributed by atoms with Crippen LogP contribution in [0.5, 0.6) is 5.75 Å². The number of benzene rings is 1. The minimum absolute atomic E-state index is 0.000422. The number of ether oxygens (including phenoxy) is 1. The van der Waals surface area contributed by atoms with E-state index >= 15 is 0 Å². The Hall–Kier alpha value is -0.910. The monoisotopic (exact) mass is 324 g/mol. The molecule has 1 aliphatic rings. The number of thiazole rings is 1. The molecule has 2 atom stereocenters. The standard InChI is InChI=1S/C13H13BrN2OS/c1-7-6-18-13(16-7)12-5-10(15)9-4-8(14)2-3-11(9)17-12/h2-4,6,10,12H,5,15H2,1H3. The van der Waals surface area contributed by atoms with E-state index in [0.29, 0.717) is 0 Å². The van der Waals surface area contributed by atoms with Gasteiger partial charge in [0.05, 0.1) is 0 Å². The summed E-state index contributed by atoms with van der Waals surface area (Å²) in [4.78, 5) is 4.49. The van der Waals surface area contributed by atoms with Gasteiger partial charge < -0.3 is 10.5 Å². The van der Waals surface area contributed by atoms with Gasteiger partial charge in [-0.3, -0.25) is 0 Å². The first-order valence-electron chi connectivity index (χ1n) is 5.77. The number of fused-ring (bicyclic) bond motifs is 1. The molecule has 3 nitrogen and oxygen atoms in total. The van der Waals surface area contributed by atoms with Gasteiger partial charge >= 0.3 is 0 Å². The zero-order valence-corrected chi connectivity index (χ0v) is 12.3. The minimum Gasteiger partial charge on any atom is -0.483 e. The number of halogens is 1. The smallest absolute Gasteiger partial charge is 0.152 e. The van der Waals surface area contributed by atoms with E-state index in [0.717, 1.165) is 32.9 Å². The van der Waals surface area contributed by atoms with E-state index in [9.17, 15) is 0 Å². The van der Waals surface area contributed by atoms with Gasteiger partial charge in [-0.05, 0) is 25.1 Å². The van der Waals surface area contributed by atoms with Gasteiger partial charge in [0.1, 0.15) is 10.8 Å². The Morgan fingerprint density at radius 2 is 2.33 bits per heavy atom. The molecule has 1 aromatic heterocycles. The third-order valence-corrected chi connectivity index (χ3v) is 4.57. The summed E-state index contributed by atoms with van der Waals surface area (Å²) in [5, 5.41) is 3.05. The van der Waals surface area contributed by atoms with Crippen molar-refractivity contribution in [1.29, 1.82) is 0 Å². The molecule has 0 radical (unpaired) electrons. The van der Waals surface area contributed by atoms with E-state index in [-0.39, 0.29) is 12.1 Å². The third-order valence-electron chi connectivity index (χ3n) is 3.02. The van der Waals surface area contributed by atoms with Gasteiger partial charge in [-0.1, -0.05) is 15.9 Å². The molecular weight excluding hydrogens is 312 g/mol. The summed E-state index contributed by atoms with van der Waals surface area (Å²) in [6.07, 6.45) is 0.753. The van der Waals surface area contributed by atoms with Crippen LogP contribution in [-0.2, 0) is 0 Å². The molecule has 0 spiro atoms. The molecule has 5 heteroatoms. The molecule has 18 heavy (non-hydrogen) atoms. The second-order valence-corrected chi connectivity index (χ2v) is 6.26. The zero-order chi connectivity index (χ0) is 12.7. The molecule has 0 amide bonds. The second kappa shape index (κ2) is 4.64. The van der Waals surface area contributed by atoms with Gasteiger partial charge in [0.25, 0.3) is 0 Å². The van der Waals surface area contributed by atoms with E-state index in [2.05, 4.69) is 20.9 Å². The SMILES string of the molecule is Cc1csc(C2CC(N)c3cc(Br)ccc3O2)n1. The molecule has 2 heterocycles. The van der Waals surface area contributed by atoms with E-state index in [1.165, 1.54) is 0 Å². The quantitative estimate of drug-likeness (QED) is 0.869. The van der Waals surface area contributed by atoms with Crippen molar-refractivity contribution in [2.75, 3.05) is 0 Å². The van der Waals surface area contributed by atoms with E-state index in [1.54, 1.807) is 11.3 Å². The number of hydrogen-bond donors (Lipinski definition) is 1. The van der Waals surface area contributed by atoms with Crippen molar-refractivity contribution >= 4 is 27.3 Å². The largest absolute Gasteiger partial charge is 0.483 e. The van der Waals surface area contributed by atoms with Crippen molar-refractivity contribution in [1.82, 2.24) is 4.98 Å². The molecule has 0 saturated heterocycles. The highest BCUT2D eigenvalue weighted by Crippen LogP contribution is 2.41. The summed E-state index contributed by atoms with van der Waals surface area (Å²) >= 11 is 5.09. The molecule has 1 aromatic carbocycles. The van der Waals surface area contributed by atoms with Crippen LogP contribution in [0.4, 0.5) is 0 Å². The summed E-state index contributed by atoms with van der Waals surface area (Å²) in [6, 6.07) is 5.97. The highest BCUT2D eigenvalue weighted by Gasteiger charge is 2.28. The van der Waals surface area contributed by atoms with Crippen LogP contribution in [0.15, 0.2) is 28.1 Å². The Bertz CT molecular complexity index is 584. The Labute approximate surface area is 118 Å². The number of nitrogens with zero attached hydrogens (tertiary/aromatic N) is 1. The molecule has 94 valence electrons. The predicted octanol–water partition coefficient (Wildman–Crippen LogP) is 3.74. The van der Waals surface area contributed by atoms with Crippen LogP contribution in [0.1, 0.15) is 34.8 Å². The van der Waals surface area contributed by atoms with Gasteiger partial charge in [-0.25, -0.2) is 4.98 Å². The summed E-state index contributed by atoms with van der Waals surface area (Å²) < 4.78 is 7.04. The van der Waals surface area contributed by atoms with E-state index in [4.69, 9.17) is 10.5 Å². The summed E-state index contributed by atoms with van der Waals surface area (Å²) in [5.74, 6) is 0.870. The van der Waals surface area contributed by atoms with E-state index < -0.39 is 0 Å². The minimum atomic E-state index is -0.0209. The van der Waals surface area contributed by atoms with Crippen LogP contribution >= 0.6 is 27.3 Å². The molecule has 2 N–H and O–H groups in total. The van der Waals surface area contributed by atoms with Crippen LogP contribution in [0.3, 0.4) is 0 Å². The fraction of sp³-hybridized carbons (Fsp3) is 0.308. The lowest BCUT2D eigenvalue weighted by atomic mass is 9.97. The fourth-order valence-corrected chi connectivity index (χ4v) is 3.36. The van der Waals surface area contributed by atoms with E-state index in [1.807, 2.05) is 30.5 Å². The summed E-state index contributed by atoms with van der Waals surface area (Å²) in [5.41, 5.74) is 8.33. The Kier molecular flexibility index (Phi) is 3.13. The molecule has 0 aliphatic carbocycles. The molecule has 0 saturated carbocycles. The Morgan fingerprint density at radius 3 is 3.06 bits per heavy atom. The maximum absolute atomic E-state index is 6.23. The Morgan fingerprint density at radius 1 is 1.50 bits per heavy atom. The molecule has 1 aliphatic heterocycles. The lowest BCUT2D eigenvalue weighted by Gasteiger charge is -2.29. The van der Waals surface area contributed by atoms with Crippen LogP contribution in [0.25, 0.3) is 0 Å². The van der Waals surface area contributed by atoms with Crippen LogP contribution in [0, 0.1) is 6.92 Å². The molecule has 0 fully saturated rings. The molecular formula is C13H13BrN2OS. The van der Waals surface area contributed by atoms with Gasteiger partial charge in [0.2, 0.25) is 0 Å². The number of nitrogens with two attached hydrogens (primary N) is 1. The lowest BCUT2D eigenvalue weighted by Crippen LogP contribution is -2.24. The molecule has 2 aromatic rings. The fourth-order valence-electron chi connectivity index (χ4n) is 2.15. The number of aryl methyl sites for hydroxylation is 1. The maximum Gasteiger partial charge on any atom is 0.152 e. The highest BCUT2D eigenvalue weighted by molar-refractivity contribution is 9.10. The lowest BCUT2D eigenvalue weighted by molar-refractivity contribution is 0.161. The maximum atomic E-state index is 6.23. The topological polar surface area (TPSA) is 48.1 Å². The van der Waals surface area contributed by atoms with Gasteiger partial charge in [0.15, 0.2) is 6.10 Å². The number of hydrogen-bond acceptors (Lipinski definition) is 4. The van der Waals surface area contributed by atoms with Gasteiger partial charge in [-0.15, -0.1) is 11.3 Å². The zero-order valence-electron chi connectivity index (χ0n) is 9.89. The number of aromatic nitrogens is 1. The average molecular weight is 325 g/mol. The predicted molar refractivity (Wildman–Crippen MR) is 75.9 cm³/mol.